The molecular weight excluding hydrogens is 592 g/mol. The number of rotatable bonds is 9. The summed E-state index contributed by atoms with van der Waals surface area (Å²) in [6.45, 7) is 3.11. The highest BCUT2D eigenvalue weighted by molar-refractivity contribution is 9.10. The number of carboxylic acid groups (broad SMARTS) is 1. The van der Waals surface area contributed by atoms with Crippen molar-refractivity contribution in [2.24, 2.45) is 4.99 Å². The number of ether oxygens (including phenoxy) is 4. The van der Waals surface area contributed by atoms with E-state index in [1.54, 1.807) is 56.3 Å². The highest BCUT2D eigenvalue weighted by Crippen LogP contribution is 2.36. The molecule has 3 aromatic rings. The minimum atomic E-state index is -1.09. The molecule has 2 aromatic carbocycles. The maximum atomic E-state index is 13.8. The Balaban J connectivity index is 1.87. The number of hydrogen-bond donors (Lipinski definition) is 1. The number of thiazole rings is 1. The van der Waals surface area contributed by atoms with E-state index < -0.39 is 24.6 Å². The summed E-state index contributed by atoms with van der Waals surface area (Å²) < 4.78 is 23.8. The van der Waals surface area contributed by atoms with Crippen LogP contribution in [0.15, 0.2) is 61.9 Å². The molecule has 39 heavy (non-hydrogen) atoms. The Kier molecular flexibility index (Phi) is 8.56. The van der Waals surface area contributed by atoms with Crippen molar-refractivity contribution in [3.05, 3.63) is 83.0 Å². The zero-order valence-electron chi connectivity index (χ0n) is 21.5. The van der Waals surface area contributed by atoms with E-state index in [-0.39, 0.29) is 17.7 Å². The largest absolute Gasteiger partial charge is 0.493 e. The van der Waals surface area contributed by atoms with Gasteiger partial charge >= 0.3 is 11.9 Å². The second-order valence-electron chi connectivity index (χ2n) is 8.29. The summed E-state index contributed by atoms with van der Waals surface area (Å²) in [6, 6.07) is 9.46. The van der Waals surface area contributed by atoms with Crippen molar-refractivity contribution in [3.63, 3.8) is 0 Å². The summed E-state index contributed by atoms with van der Waals surface area (Å²) in [5.74, 6) is -0.333. The molecule has 1 aromatic heterocycles. The molecule has 1 N–H and O–H groups in total. The number of nitrogens with zero attached hydrogens (tertiary/aromatic N) is 2. The quantitative estimate of drug-likeness (QED) is 0.364. The number of aromatic nitrogens is 1. The zero-order valence-corrected chi connectivity index (χ0v) is 23.9. The number of carbonyl (C=O) groups is 2. The number of fused-ring (bicyclic) bond motifs is 1. The molecule has 0 spiro atoms. The Morgan fingerprint density at radius 2 is 1.85 bits per heavy atom. The van der Waals surface area contributed by atoms with Crippen LogP contribution in [-0.2, 0) is 14.3 Å². The average Bonchev–Trinajstić information content (AvgIpc) is 3.20. The van der Waals surface area contributed by atoms with Gasteiger partial charge < -0.3 is 24.1 Å². The topological polar surface area (TPSA) is 126 Å². The third kappa shape index (κ3) is 5.76. The lowest BCUT2D eigenvalue weighted by atomic mass is 9.95. The van der Waals surface area contributed by atoms with Crippen LogP contribution in [0.2, 0.25) is 0 Å². The van der Waals surface area contributed by atoms with Gasteiger partial charge in [0.05, 0.1) is 47.1 Å². The molecule has 10 nitrogen and oxygen atoms in total. The van der Waals surface area contributed by atoms with E-state index >= 15 is 0 Å². The molecule has 1 atom stereocenters. The first kappa shape index (κ1) is 28.1. The molecule has 204 valence electrons. The third-order valence-electron chi connectivity index (χ3n) is 5.85. The van der Waals surface area contributed by atoms with Crippen molar-refractivity contribution in [1.29, 1.82) is 0 Å². The summed E-state index contributed by atoms with van der Waals surface area (Å²) in [6.07, 6.45) is 1.70. The molecule has 0 radical (unpaired) electrons. The molecular formula is C27H25BrN2O8S. The molecule has 0 saturated heterocycles. The van der Waals surface area contributed by atoms with E-state index in [0.717, 1.165) is 0 Å². The maximum Gasteiger partial charge on any atom is 0.341 e. The van der Waals surface area contributed by atoms with Crippen LogP contribution in [0.3, 0.4) is 0 Å². The lowest BCUT2D eigenvalue weighted by Gasteiger charge is -2.25. The number of allylic oxidation sites excluding steroid dienone is 1. The number of carboxylic acids is 1. The summed E-state index contributed by atoms with van der Waals surface area (Å²) in [7, 11) is 3.04. The second kappa shape index (κ2) is 11.9. The molecule has 0 amide bonds. The van der Waals surface area contributed by atoms with Gasteiger partial charge in [-0.2, -0.15) is 0 Å². The van der Waals surface area contributed by atoms with Gasteiger partial charge in [0.1, 0.15) is 5.75 Å². The molecule has 0 fully saturated rings. The summed E-state index contributed by atoms with van der Waals surface area (Å²) in [5.41, 5.74) is 1.67. The van der Waals surface area contributed by atoms with E-state index in [0.29, 0.717) is 47.9 Å². The summed E-state index contributed by atoms with van der Waals surface area (Å²) in [4.78, 5) is 42.7. The molecule has 0 saturated carbocycles. The normalized spacial score (nSPS) is 14.9. The fraction of sp³-hybridized carbons (Fsp3) is 0.259. The lowest BCUT2D eigenvalue weighted by Crippen LogP contribution is -2.39. The van der Waals surface area contributed by atoms with Crippen molar-refractivity contribution in [3.8, 4) is 17.2 Å². The van der Waals surface area contributed by atoms with E-state index in [9.17, 15) is 14.4 Å². The van der Waals surface area contributed by atoms with Crippen LogP contribution in [0.1, 0.15) is 31.0 Å². The minimum Gasteiger partial charge on any atom is -0.493 e. The van der Waals surface area contributed by atoms with Crippen LogP contribution in [0, 0.1) is 0 Å². The van der Waals surface area contributed by atoms with Gasteiger partial charge in [0.25, 0.3) is 5.56 Å². The van der Waals surface area contributed by atoms with Crippen LogP contribution in [0.5, 0.6) is 17.2 Å². The molecule has 12 heteroatoms. The number of methoxy groups -OCH3 is 2. The van der Waals surface area contributed by atoms with Gasteiger partial charge in [0.15, 0.2) is 22.9 Å². The van der Waals surface area contributed by atoms with E-state index in [1.165, 1.54) is 30.1 Å². The molecule has 1 aliphatic rings. The van der Waals surface area contributed by atoms with Crippen molar-refractivity contribution >= 4 is 45.3 Å². The zero-order chi connectivity index (χ0) is 28.3. The highest BCUT2D eigenvalue weighted by atomic mass is 79.9. The van der Waals surface area contributed by atoms with E-state index in [1.807, 2.05) is 0 Å². The number of benzene rings is 2. The van der Waals surface area contributed by atoms with E-state index in [2.05, 4.69) is 20.9 Å². The number of aliphatic carboxylic acids is 1. The van der Waals surface area contributed by atoms with Crippen molar-refractivity contribution < 1.29 is 33.6 Å². The van der Waals surface area contributed by atoms with Crippen LogP contribution >= 0.6 is 27.3 Å². The smallest absolute Gasteiger partial charge is 0.341 e. The van der Waals surface area contributed by atoms with Gasteiger partial charge in [0.2, 0.25) is 0 Å². The predicted molar refractivity (Wildman–Crippen MR) is 147 cm³/mol. The molecule has 0 aliphatic carbocycles. The number of esters is 1. The Morgan fingerprint density at radius 1 is 1.13 bits per heavy atom. The van der Waals surface area contributed by atoms with Gasteiger partial charge in [-0.3, -0.25) is 9.36 Å². The van der Waals surface area contributed by atoms with Crippen molar-refractivity contribution in [1.82, 2.24) is 4.57 Å². The number of hydrogen-bond acceptors (Lipinski definition) is 9. The fourth-order valence-electron chi connectivity index (χ4n) is 4.14. The third-order valence-corrected chi connectivity index (χ3v) is 7.45. The second-order valence-corrected chi connectivity index (χ2v) is 10.2. The van der Waals surface area contributed by atoms with Gasteiger partial charge in [-0.15, -0.1) is 0 Å². The lowest BCUT2D eigenvalue weighted by molar-refractivity contribution is -0.140. The monoisotopic (exact) mass is 616 g/mol. The van der Waals surface area contributed by atoms with Crippen LogP contribution in [0.25, 0.3) is 6.08 Å². The first-order chi connectivity index (χ1) is 18.7. The first-order valence-electron chi connectivity index (χ1n) is 11.7. The van der Waals surface area contributed by atoms with Crippen molar-refractivity contribution in [2.75, 3.05) is 27.4 Å². The maximum absolute atomic E-state index is 13.8. The SMILES string of the molecule is CCOC(=O)C1=C(C)N=c2s/c(=C/c3ccc(OCC(=O)O)c(Br)c3)c(=O)n2[C@H]1c1ccc(OC)c(OC)c1. The Morgan fingerprint density at radius 3 is 2.49 bits per heavy atom. The van der Waals surface area contributed by atoms with Crippen LogP contribution in [-0.4, -0.2) is 49.0 Å². The fourth-order valence-corrected chi connectivity index (χ4v) is 5.70. The van der Waals surface area contributed by atoms with Crippen LogP contribution < -0.4 is 29.1 Å². The molecule has 1 aliphatic heterocycles. The molecule has 0 bridgehead atoms. The van der Waals surface area contributed by atoms with Crippen LogP contribution in [0.4, 0.5) is 0 Å². The van der Waals surface area contributed by atoms with Gasteiger partial charge in [-0.25, -0.2) is 14.6 Å². The molecule has 4 rings (SSSR count). The molecule has 2 heterocycles. The van der Waals surface area contributed by atoms with Crippen molar-refractivity contribution in [2.45, 2.75) is 19.9 Å². The minimum absolute atomic E-state index is 0.166. The number of halogens is 1. The Bertz CT molecular complexity index is 1660. The molecule has 0 unspecified atom stereocenters. The van der Waals surface area contributed by atoms with Gasteiger partial charge in [0, 0.05) is 0 Å². The number of carbonyl (C=O) groups excluding carboxylic acids is 1. The average molecular weight is 617 g/mol. The predicted octanol–water partition coefficient (Wildman–Crippen LogP) is 3.04. The standard InChI is InChI=1S/C27H25BrN2O8S/c1-5-37-26(34)23-14(2)29-27-30(24(23)16-7-9-19(35-3)20(12-16)36-4)25(33)21(39-27)11-15-6-8-18(17(28)10-15)38-13-22(31)32/h6-12,24H,5,13H2,1-4H3,(H,31,32)/b21-11+/t24-/m0/s1. The van der Waals surface area contributed by atoms with Gasteiger partial charge in [-0.1, -0.05) is 23.5 Å². The Labute approximate surface area is 235 Å². The highest BCUT2D eigenvalue weighted by Gasteiger charge is 2.34. The summed E-state index contributed by atoms with van der Waals surface area (Å²) in [5, 5.41) is 8.85. The van der Waals surface area contributed by atoms with E-state index in [4.69, 9.17) is 24.1 Å². The van der Waals surface area contributed by atoms with Gasteiger partial charge in [-0.05, 0) is 71.2 Å². The summed E-state index contributed by atoms with van der Waals surface area (Å²) >= 11 is 4.57. The Hall–Kier alpha value is -3.90. The first-order valence-corrected chi connectivity index (χ1v) is 13.3.